The molecule has 1 saturated heterocycles. The summed E-state index contributed by atoms with van der Waals surface area (Å²) >= 11 is 0. The highest BCUT2D eigenvalue weighted by molar-refractivity contribution is 5.76. The van der Waals surface area contributed by atoms with Crippen molar-refractivity contribution in [2.75, 3.05) is 19.7 Å². The van der Waals surface area contributed by atoms with Crippen molar-refractivity contribution < 1.29 is 14.1 Å². The normalized spacial score (nSPS) is 16.8. The monoisotopic (exact) mass is 409 g/mol. The molecule has 1 fully saturated rings. The summed E-state index contributed by atoms with van der Waals surface area (Å²) in [5, 5.41) is 8.24. The first kappa shape index (κ1) is 20.3. The van der Waals surface area contributed by atoms with E-state index in [1.54, 1.807) is 6.20 Å². The van der Waals surface area contributed by atoms with Gasteiger partial charge in [-0.1, -0.05) is 18.1 Å². The number of pyridine rings is 1. The van der Waals surface area contributed by atoms with Crippen molar-refractivity contribution in [1.82, 2.24) is 24.8 Å². The Morgan fingerprint density at radius 1 is 1.30 bits per heavy atom. The van der Waals surface area contributed by atoms with Crippen molar-refractivity contribution in [3.8, 4) is 11.3 Å². The lowest BCUT2D eigenvalue weighted by molar-refractivity contribution is -0.139. The fourth-order valence-electron chi connectivity index (χ4n) is 3.85. The number of aryl methyl sites for hydroxylation is 4. The molecule has 158 valence electrons. The fourth-order valence-corrected chi connectivity index (χ4v) is 3.85. The van der Waals surface area contributed by atoms with Gasteiger partial charge < -0.3 is 14.2 Å². The van der Waals surface area contributed by atoms with Crippen LogP contribution in [-0.4, -0.2) is 50.4 Å². The molecule has 30 heavy (non-hydrogen) atoms. The van der Waals surface area contributed by atoms with Crippen LogP contribution in [0.1, 0.15) is 42.3 Å². The number of aromatic nitrogens is 4. The number of morpholine rings is 1. The van der Waals surface area contributed by atoms with E-state index in [0.29, 0.717) is 32.5 Å². The smallest absolute Gasteiger partial charge is 0.223 e. The fraction of sp³-hybridized carbons (Fsp3) is 0.455. The van der Waals surface area contributed by atoms with Gasteiger partial charge >= 0.3 is 0 Å². The lowest BCUT2D eigenvalue weighted by Gasteiger charge is -2.33. The maximum atomic E-state index is 12.8. The Bertz CT molecular complexity index is 1030. The number of hydrogen-bond donors (Lipinski definition) is 0. The summed E-state index contributed by atoms with van der Waals surface area (Å²) in [5.74, 6) is 0.956. The maximum absolute atomic E-state index is 12.8. The third-order valence-electron chi connectivity index (χ3n) is 5.55. The van der Waals surface area contributed by atoms with Crippen LogP contribution < -0.4 is 0 Å². The van der Waals surface area contributed by atoms with Crippen LogP contribution in [0.4, 0.5) is 0 Å². The molecule has 0 saturated carbocycles. The van der Waals surface area contributed by atoms with Crippen LogP contribution in [0.25, 0.3) is 11.3 Å². The number of ether oxygens (including phenoxy) is 1. The van der Waals surface area contributed by atoms with Crippen LogP contribution >= 0.6 is 0 Å². The topological polar surface area (TPSA) is 86.3 Å². The Labute approximate surface area is 175 Å². The minimum absolute atomic E-state index is 0.129. The molecular formula is C22H27N5O3. The summed E-state index contributed by atoms with van der Waals surface area (Å²) in [6, 6.07) is 7.83. The molecule has 3 aromatic heterocycles. The van der Waals surface area contributed by atoms with Crippen LogP contribution in [0.3, 0.4) is 0 Å². The van der Waals surface area contributed by atoms with Crippen LogP contribution in [0.2, 0.25) is 0 Å². The average Bonchev–Trinajstić information content (AvgIpc) is 3.36. The molecule has 0 N–H and O–H groups in total. The Morgan fingerprint density at radius 2 is 2.17 bits per heavy atom. The standard InChI is InChI=1S/C22H27N5O3/c1-4-19-22(15(2)25-30-19)18-7-5-6-17(24-18)20-14-27(12-13-29-20)21(28)9-8-16-10-11-23-26(16)3/h5-7,10-11,20H,4,8-9,12-14H2,1-3H3/t20-/m1/s1. The molecular weight excluding hydrogens is 382 g/mol. The van der Waals surface area contributed by atoms with Crippen LogP contribution in [0.15, 0.2) is 35.0 Å². The summed E-state index contributed by atoms with van der Waals surface area (Å²) < 4.78 is 13.2. The van der Waals surface area contributed by atoms with Crippen molar-refractivity contribution in [2.24, 2.45) is 7.05 Å². The second-order valence-corrected chi connectivity index (χ2v) is 7.51. The molecule has 0 radical (unpaired) electrons. The van der Waals surface area contributed by atoms with Gasteiger partial charge in [0.15, 0.2) is 0 Å². The molecule has 0 aromatic carbocycles. The maximum Gasteiger partial charge on any atom is 0.223 e. The van der Waals surface area contributed by atoms with Gasteiger partial charge in [0.2, 0.25) is 5.91 Å². The zero-order valence-electron chi connectivity index (χ0n) is 17.7. The van der Waals surface area contributed by atoms with Crippen molar-refractivity contribution in [2.45, 2.75) is 39.2 Å². The number of carbonyl (C=O) groups excluding carboxylic acids is 1. The van der Waals surface area contributed by atoms with Gasteiger partial charge in [-0.15, -0.1) is 0 Å². The lowest BCUT2D eigenvalue weighted by atomic mass is 10.1. The third-order valence-corrected chi connectivity index (χ3v) is 5.55. The molecule has 0 bridgehead atoms. The summed E-state index contributed by atoms with van der Waals surface area (Å²) in [4.78, 5) is 19.5. The SMILES string of the molecule is CCc1onc(C)c1-c1cccc([C@H]2CN(C(=O)CCc3ccnn3C)CCO2)n1. The van der Waals surface area contributed by atoms with Crippen molar-refractivity contribution >= 4 is 5.91 Å². The minimum Gasteiger partial charge on any atom is -0.368 e. The number of rotatable bonds is 6. The molecule has 0 spiro atoms. The summed E-state index contributed by atoms with van der Waals surface area (Å²) in [7, 11) is 1.89. The first-order valence-corrected chi connectivity index (χ1v) is 10.4. The third kappa shape index (κ3) is 4.14. The van der Waals surface area contributed by atoms with Crippen molar-refractivity contribution in [1.29, 1.82) is 0 Å². The van der Waals surface area contributed by atoms with Gasteiger partial charge in [-0.2, -0.15) is 5.10 Å². The molecule has 3 aromatic rings. The second kappa shape index (κ2) is 8.79. The molecule has 1 atom stereocenters. The zero-order valence-corrected chi connectivity index (χ0v) is 17.7. The van der Waals surface area contributed by atoms with Crippen molar-refractivity contribution in [3.05, 3.63) is 53.3 Å². The minimum atomic E-state index is -0.246. The van der Waals surface area contributed by atoms with E-state index in [4.69, 9.17) is 14.2 Å². The quantitative estimate of drug-likeness (QED) is 0.622. The Hall–Kier alpha value is -3.00. The number of nitrogens with zero attached hydrogens (tertiary/aromatic N) is 5. The van der Waals surface area contributed by atoms with Gasteiger partial charge in [-0.25, -0.2) is 4.98 Å². The van der Waals surface area contributed by atoms with E-state index in [-0.39, 0.29) is 12.0 Å². The van der Waals surface area contributed by atoms with Crippen LogP contribution in [0, 0.1) is 6.92 Å². The van der Waals surface area contributed by atoms with E-state index in [1.807, 2.05) is 54.7 Å². The highest BCUT2D eigenvalue weighted by Crippen LogP contribution is 2.29. The van der Waals surface area contributed by atoms with Crippen LogP contribution in [0.5, 0.6) is 0 Å². The lowest BCUT2D eigenvalue weighted by Crippen LogP contribution is -2.42. The van der Waals surface area contributed by atoms with Crippen molar-refractivity contribution in [3.63, 3.8) is 0 Å². The highest BCUT2D eigenvalue weighted by Gasteiger charge is 2.27. The number of amides is 1. The molecule has 0 unspecified atom stereocenters. The largest absolute Gasteiger partial charge is 0.368 e. The molecule has 4 heterocycles. The summed E-state index contributed by atoms with van der Waals surface area (Å²) in [6.07, 6.45) is 3.40. The van der Waals surface area contributed by atoms with Gasteiger partial charge in [0.05, 0.1) is 35.8 Å². The van der Waals surface area contributed by atoms with Crippen LogP contribution in [-0.2, 0) is 29.4 Å². The highest BCUT2D eigenvalue weighted by atomic mass is 16.5. The van der Waals surface area contributed by atoms with Gasteiger partial charge in [0.1, 0.15) is 11.9 Å². The molecule has 8 heteroatoms. The summed E-state index contributed by atoms with van der Waals surface area (Å²) in [5.41, 5.74) is 4.47. The van der Waals surface area contributed by atoms with E-state index in [0.717, 1.165) is 40.5 Å². The zero-order chi connectivity index (χ0) is 21.1. The Balaban J connectivity index is 1.46. The van der Waals surface area contributed by atoms with Gasteiger partial charge in [-0.05, 0) is 31.5 Å². The van der Waals surface area contributed by atoms with E-state index in [1.165, 1.54) is 0 Å². The van der Waals surface area contributed by atoms with E-state index in [9.17, 15) is 4.79 Å². The average molecular weight is 409 g/mol. The Kier molecular flexibility index (Phi) is 5.94. The molecule has 1 amide bonds. The van der Waals surface area contributed by atoms with Gasteiger partial charge in [-0.3, -0.25) is 9.48 Å². The molecule has 8 nitrogen and oxygen atoms in total. The predicted molar refractivity (Wildman–Crippen MR) is 111 cm³/mol. The number of hydrogen-bond acceptors (Lipinski definition) is 6. The molecule has 1 aliphatic heterocycles. The van der Waals surface area contributed by atoms with E-state index in [2.05, 4.69) is 10.3 Å². The first-order chi connectivity index (χ1) is 14.6. The van der Waals surface area contributed by atoms with E-state index >= 15 is 0 Å². The van der Waals surface area contributed by atoms with Gasteiger partial charge in [0.25, 0.3) is 0 Å². The molecule has 0 aliphatic carbocycles. The van der Waals surface area contributed by atoms with Gasteiger partial charge in [0, 0.05) is 38.3 Å². The Morgan fingerprint density at radius 3 is 2.93 bits per heavy atom. The van der Waals surface area contributed by atoms with E-state index < -0.39 is 0 Å². The molecule has 4 rings (SSSR count). The first-order valence-electron chi connectivity index (χ1n) is 10.4. The number of carbonyl (C=O) groups is 1. The molecule has 1 aliphatic rings. The summed E-state index contributed by atoms with van der Waals surface area (Å²) in [6.45, 7) is 5.56. The second-order valence-electron chi connectivity index (χ2n) is 7.51. The predicted octanol–water partition coefficient (Wildman–Crippen LogP) is 2.87.